The van der Waals surface area contributed by atoms with E-state index in [-0.39, 0.29) is 74.3 Å². The first-order valence-corrected chi connectivity index (χ1v) is 8.19. The minimum absolute atomic E-state index is 0. The van der Waals surface area contributed by atoms with Crippen molar-refractivity contribution in [3.8, 4) is 17.2 Å². The van der Waals surface area contributed by atoms with Gasteiger partial charge in [-0.3, -0.25) is 0 Å². The molecular weight excluding hydrogens is 547 g/mol. The van der Waals surface area contributed by atoms with Crippen LogP contribution < -0.4 is 0 Å². The molecule has 0 bridgehead atoms. The number of carboxylic acids is 3. The number of hydrogen-bond donors (Lipinski definition) is 6. The Morgan fingerprint density at radius 2 is 0.645 bits per heavy atom. The zero-order valence-corrected chi connectivity index (χ0v) is 18.4. The molecule has 31 heavy (non-hydrogen) atoms. The number of rotatable bonds is 3. The van der Waals surface area contributed by atoms with Crippen molar-refractivity contribution in [3.63, 3.8) is 0 Å². The van der Waals surface area contributed by atoms with Crippen LogP contribution in [0, 0.1) is 40.4 Å². The van der Waals surface area contributed by atoms with E-state index in [2.05, 4.69) is 0 Å². The molecule has 3 rings (SSSR count). The molecule has 9 nitrogen and oxygen atoms in total. The summed E-state index contributed by atoms with van der Waals surface area (Å²) < 4.78 is 0. The van der Waals surface area contributed by atoms with Gasteiger partial charge < -0.3 is 30.6 Å². The van der Waals surface area contributed by atoms with E-state index in [1.807, 2.05) is 0 Å². The Bertz CT molecular complexity index is 903. The van der Waals surface area contributed by atoms with Gasteiger partial charge in [-0.05, 0) is 36.4 Å². The van der Waals surface area contributed by atoms with Gasteiger partial charge in [0.25, 0.3) is 0 Å². The van der Waals surface area contributed by atoms with Gasteiger partial charge in [0.05, 0.1) is 0 Å². The van der Waals surface area contributed by atoms with Gasteiger partial charge in [0.15, 0.2) is 0 Å². The molecule has 3 aromatic carbocycles. The predicted molar refractivity (Wildman–Crippen MR) is 105 cm³/mol. The summed E-state index contributed by atoms with van der Waals surface area (Å²) in [6, 6.07) is 17.4. The molecule has 10 heteroatoms. The largest absolute Gasteiger partial charge is 0.507 e. The fourth-order valence-electron chi connectivity index (χ4n) is 1.96. The molecule has 0 aliphatic carbocycles. The van der Waals surface area contributed by atoms with Crippen molar-refractivity contribution in [3.05, 3.63) is 89.5 Å². The number of hydrogen-bond acceptors (Lipinski definition) is 6. The number of benzene rings is 3. The van der Waals surface area contributed by atoms with Gasteiger partial charge >= 0.3 is 17.9 Å². The molecule has 0 spiro atoms. The molecule has 0 aliphatic rings. The molecule has 162 valence electrons. The van der Waals surface area contributed by atoms with Gasteiger partial charge in [0.2, 0.25) is 0 Å². The Morgan fingerprint density at radius 3 is 0.774 bits per heavy atom. The molecule has 0 amide bonds. The van der Waals surface area contributed by atoms with E-state index < -0.39 is 17.9 Å². The third kappa shape index (κ3) is 9.44. The SMILES string of the molecule is O=C(O)c1ccccc1O.O=C(O)c1ccccc1O.O=C(O)c1ccccc1O.[Sm]. The van der Waals surface area contributed by atoms with Crippen molar-refractivity contribution in [2.24, 2.45) is 0 Å². The molecule has 0 heterocycles. The summed E-state index contributed by atoms with van der Waals surface area (Å²) in [5, 5.41) is 51.9. The number of carboxylic acid groups (broad SMARTS) is 3. The fraction of sp³-hybridized carbons (Fsp3) is 0. The van der Waals surface area contributed by atoms with Crippen LogP contribution in [0.3, 0.4) is 0 Å². The van der Waals surface area contributed by atoms with E-state index >= 15 is 0 Å². The second kappa shape index (κ2) is 13.9. The summed E-state index contributed by atoms with van der Waals surface area (Å²) in [5.41, 5.74) is -0.201. The van der Waals surface area contributed by atoms with E-state index in [4.69, 9.17) is 30.6 Å². The molecule has 6 N–H and O–H groups in total. The Morgan fingerprint density at radius 1 is 0.452 bits per heavy atom. The Balaban J connectivity index is 0.000000429. The molecule has 0 saturated carbocycles. The van der Waals surface area contributed by atoms with Crippen LogP contribution in [0.15, 0.2) is 72.8 Å². The number of para-hydroxylation sites is 3. The van der Waals surface area contributed by atoms with Crippen LogP contribution in [0.5, 0.6) is 17.2 Å². The Labute approximate surface area is 209 Å². The second-order valence-electron chi connectivity index (χ2n) is 5.47. The van der Waals surface area contributed by atoms with E-state index in [1.54, 1.807) is 36.4 Å². The second-order valence-corrected chi connectivity index (χ2v) is 5.47. The van der Waals surface area contributed by atoms with Gasteiger partial charge in [-0.1, -0.05) is 36.4 Å². The van der Waals surface area contributed by atoms with Gasteiger partial charge in [-0.25, -0.2) is 14.4 Å². The Kier molecular flexibility index (Phi) is 12.5. The first kappa shape index (κ1) is 27.8. The van der Waals surface area contributed by atoms with E-state index in [0.29, 0.717) is 0 Å². The number of aromatic hydroxyl groups is 3. The topological polar surface area (TPSA) is 173 Å². The standard InChI is InChI=1S/3C7H6O3.Sm/c3*8-6-4-2-1-3-5(6)7(9)10;/h3*1-4,8H,(H,9,10);. The summed E-state index contributed by atoms with van der Waals surface area (Å²) in [7, 11) is 0. The average molecular weight is 565 g/mol. The van der Waals surface area contributed by atoms with E-state index in [1.165, 1.54) is 36.4 Å². The minimum atomic E-state index is -1.11. The van der Waals surface area contributed by atoms with Crippen LogP contribution in [0.2, 0.25) is 0 Å². The molecule has 0 atom stereocenters. The van der Waals surface area contributed by atoms with E-state index in [9.17, 15) is 14.4 Å². The zero-order chi connectivity index (χ0) is 22.7. The zero-order valence-electron chi connectivity index (χ0n) is 15.7. The Hall–Kier alpha value is -3.19. The summed E-state index contributed by atoms with van der Waals surface area (Å²) >= 11 is 0. The normalized spacial score (nSPS) is 8.90. The number of aromatic carboxylic acids is 3. The molecular formula is C21H18O9Sm. The van der Waals surface area contributed by atoms with Gasteiger partial charge in [0, 0.05) is 40.4 Å². The van der Waals surface area contributed by atoms with Crippen LogP contribution in [0.1, 0.15) is 31.1 Å². The van der Waals surface area contributed by atoms with Gasteiger partial charge in [-0.2, -0.15) is 0 Å². The van der Waals surface area contributed by atoms with Crippen LogP contribution in [-0.4, -0.2) is 48.5 Å². The molecule has 3 aromatic rings. The third-order valence-corrected chi connectivity index (χ3v) is 3.40. The molecule has 0 aromatic heterocycles. The van der Waals surface area contributed by atoms with Crippen molar-refractivity contribution in [2.75, 3.05) is 0 Å². The summed E-state index contributed by atoms with van der Waals surface area (Å²) in [5.74, 6) is -3.94. The molecule has 0 saturated heterocycles. The maximum Gasteiger partial charge on any atom is 0.339 e. The van der Waals surface area contributed by atoms with Crippen LogP contribution in [0.25, 0.3) is 0 Å². The van der Waals surface area contributed by atoms with Crippen molar-refractivity contribution in [1.82, 2.24) is 0 Å². The molecule has 0 aliphatic heterocycles. The van der Waals surface area contributed by atoms with E-state index in [0.717, 1.165) is 0 Å². The molecule has 0 fully saturated rings. The van der Waals surface area contributed by atoms with Crippen molar-refractivity contribution < 1.29 is 85.4 Å². The van der Waals surface area contributed by atoms with Crippen LogP contribution in [-0.2, 0) is 0 Å². The predicted octanol–water partition coefficient (Wildman–Crippen LogP) is 3.27. The number of carbonyl (C=O) groups is 3. The maximum absolute atomic E-state index is 10.3. The quantitative estimate of drug-likeness (QED) is 0.279. The smallest absolute Gasteiger partial charge is 0.339 e. The average Bonchev–Trinajstić information content (AvgIpc) is 2.69. The summed E-state index contributed by atoms with van der Waals surface area (Å²) in [4.78, 5) is 30.8. The van der Waals surface area contributed by atoms with Gasteiger partial charge in [-0.15, -0.1) is 0 Å². The number of phenols is 3. The first-order valence-electron chi connectivity index (χ1n) is 8.19. The fourth-order valence-corrected chi connectivity index (χ4v) is 1.96. The molecule has 0 unspecified atom stereocenters. The maximum atomic E-state index is 10.3. The first-order chi connectivity index (χ1) is 14.1. The minimum Gasteiger partial charge on any atom is -0.507 e. The summed E-state index contributed by atoms with van der Waals surface area (Å²) in [6.45, 7) is 0. The van der Waals surface area contributed by atoms with Gasteiger partial charge in [0.1, 0.15) is 33.9 Å². The van der Waals surface area contributed by atoms with Crippen molar-refractivity contribution >= 4 is 17.9 Å². The monoisotopic (exact) mass is 566 g/mol. The van der Waals surface area contributed by atoms with Crippen molar-refractivity contribution in [1.29, 1.82) is 0 Å². The molecule has 0 radical (unpaired) electrons. The van der Waals surface area contributed by atoms with Crippen molar-refractivity contribution in [2.45, 2.75) is 0 Å². The third-order valence-electron chi connectivity index (χ3n) is 3.40. The van der Waals surface area contributed by atoms with Crippen LogP contribution in [0.4, 0.5) is 0 Å². The van der Waals surface area contributed by atoms with Crippen LogP contribution >= 0.6 is 0 Å². The summed E-state index contributed by atoms with van der Waals surface area (Å²) in [6.07, 6.45) is 0.